The Bertz CT molecular complexity index is 903. The Labute approximate surface area is 152 Å². The Kier molecular flexibility index (Phi) is 4.97. The van der Waals surface area contributed by atoms with Crippen molar-refractivity contribution in [3.63, 3.8) is 0 Å². The molecule has 2 aromatic carbocycles. The third-order valence-corrected chi connectivity index (χ3v) is 4.39. The number of hydrogen-bond donors (Lipinski definition) is 2. The Morgan fingerprint density at radius 2 is 2.08 bits per heavy atom. The second kappa shape index (κ2) is 7.15. The van der Waals surface area contributed by atoms with Crippen LogP contribution in [0.25, 0.3) is 10.9 Å². The summed E-state index contributed by atoms with van der Waals surface area (Å²) in [6.45, 7) is 0. The number of hydrogen-bond acceptors (Lipinski definition) is 4. The van der Waals surface area contributed by atoms with Gasteiger partial charge in [-0.2, -0.15) is 0 Å². The molecule has 3 N–H and O–H groups in total. The van der Waals surface area contributed by atoms with Crippen LogP contribution in [0, 0.1) is 0 Å². The smallest absolute Gasteiger partial charge is 0.219 e. The summed E-state index contributed by atoms with van der Waals surface area (Å²) >= 11 is 9.71. The number of carbonyl (C=O) groups is 1. The third kappa shape index (κ3) is 3.83. The lowest BCUT2D eigenvalue weighted by Crippen LogP contribution is -2.12. The van der Waals surface area contributed by atoms with Gasteiger partial charge in [0.25, 0.3) is 0 Å². The van der Waals surface area contributed by atoms with E-state index in [1.54, 1.807) is 0 Å². The first-order valence-corrected chi connectivity index (χ1v) is 8.45. The monoisotopic (exact) mass is 404 g/mol. The summed E-state index contributed by atoms with van der Waals surface area (Å²) < 4.78 is 0.967. The van der Waals surface area contributed by atoms with E-state index in [0.29, 0.717) is 5.82 Å². The quantitative estimate of drug-likeness (QED) is 0.620. The molecule has 0 aliphatic rings. The molecule has 0 bridgehead atoms. The van der Waals surface area contributed by atoms with Crippen molar-refractivity contribution < 1.29 is 4.79 Å². The lowest BCUT2D eigenvalue weighted by atomic mass is 10.1. The normalized spacial score (nSPS) is 12.1. The maximum absolute atomic E-state index is 11.1. The number of carbonyl (C=O) groups excluding carboxylic acids is 1. The number of anilines is 2. The Morgan fingerprint density at radius 3 is 2.83 bits per heavy atom. The van der Waals surface area contributed by atoms with Crippen molar-refractivity contribution in [1.82, 2.24) is 9.97 Å². The number of amides is 1. The first kappa shape index (κ1) is 16.7. The highest BCUT2D eigenvalue weighted by atomic mass is 79.9. The Balaban J connectivity index is 1.99. The van der Waals surface area contributed by atoms with Crippen LogP contribution in [0.2, 0.25) is 0 Å². The highest BCUT2D eigenvalue weighted by Gasteiger charge is 2.13. The molecule has 0 aliphatic heterocycles. The van der Waals surface area contributed by atoms with E-state index in [-0.39, 0.29) is 6.42 Å². The van der Waals surface area contributed by atoms with Crippen molar-refractivity contribution in [2.75, 3.05) is 5.32 Å². The lowest BCUT2D eigenvalue weighted by molar-refractivity contribution is -0.118. The van der Waals surface area contributed by atoms with Gasteiger partial charge in [-0.25, -0.2) is 9.97 Å². The van der Waals surface area contributed by atoms with Crippen LogP contribution < -0.4 is 11.1 Å². The number of alkyl halides is 1. The Morgan fingerprint density at radius 1 is 1.25 bits per heavy atom. The molecule has 122 valence electrons. The Hall–Kier alpha value is -2.18. The molecule has 1 heterocycles. The van der Waals surface area contributed by atoms with Gasteiger partial charge in [-0.3, -0.25) is 4.79 Å². The highest BCUT2D eigenvalue weighted by molar-refractivity contribution is 9.10. The van der Waals surface area contributed by atoms with Gasteiger partial charge in [0, 0.05) is 22.0 Å². The van der Waals surface area contributed by atoms with E-state index in [0.717, 1.165) is 26.6 Å². The van der Waals surface area contributed by atoms with Crippen LogP contribution in [0.15, 0.2) is 53.3 Å². The molecule has 0 aliphatic carbocycles. The molecule has 0 radical (unpaired) electrons. The molecule has 1 atom stereocenters. The number of rotatable bonds is 5. The summed E-state index contributed by atoms with van der Waals surface area (Å²) in [5.74, 6) is 0.231. The zero-order chi connectivity index (χ0) is 17.1. The highest BCUT2D eigenvalue weighted by Crippen LogP contribution is 2.30. The van der Waals surface area contributed by atoms with Crippen LogP contribution >= 0.6 is 27.5 Å². The van der Waals surface area contributed by atoms with Crippen molar-refractivity contribution in [3.05, 3.63) is 58.8 Å². The third-order valence-electron chi connectivity index (χ3n) is 3.49. The van der Waals surface area contributed by atoms with Crippen LogP contribution in [-0.4, -0.2) is 15.9 Å². The number of nitrogens with zero attached hydrogens (tertiary/aromatic N) is 2. The second-order valence-corrected chi connectivity index (χ2v) is 6.71. The van der Waals surface area contributed by atoms with Gasteiger partial charge in [0.2, 0.25) is 5.91 Å². The molecular weight excluding hydrogens is 392 g/mol. The van der Waals surface area contributed by atoms with Crippen LogP contribution in [0.3, 0.4) is 0 Å². The van der Waals surface area contributed by atoms with Gasteiger partial charge in [0.1, 0.15) is 12.1 Å². The van der Waals surface area contributed by atoms with E-state index in [1.165, 1.54) is 6.33 Å². The minimum Gasteiger partial charge on any atom is -0.370 e. The summed E-state index contributed by atoms with van der Waals surface area (Å²) in [5, 5.41) is 3.62. The molecular formula is C17H14BrClN4O. The molecule has 0 spiro atoms. The van der Waals surface area contributed by atoms with Gasteiger partial charge in [-0.1, -0.05) is 28.1 Å². The van der Waals surface area contributed by atoms with Gasteiger partial charge in [-0.15, -0.1) is 11.6 Å². The van der Waals surface area contributed by atoms with Crippen LogP contribution in [0.1, 0.15) is 17.4 Å². The van der Waals surface area contributed by atoms with E-state index in [2.05, 4.69) is 31.2 Å². The van der Waals surface area contributed by atoms with Crippen LogP contribution in [-0.2, 0) is 4.79 Å². The maximum Gasteiger partial charge on any atom is 0.219 e. The molecule has 24 heavy (non-hydrogen) atoms. The summed E-state index contributed by atoms with van der Waals surface area (Å²) in [5.41, 5.74) is 7.71. The molecule has 7 heteroatoms. The number of primary amides is 1. The fourth-order valence-electron chi connectivity index (χ4n) is 2.37. The molecule has 0 fully saturated rings. The van der Waals surface area contributed by atoms with E-state index >= 15 is 0 Å². The van der Waals surface area contributed by atoms with Crippen molar-refractivity contribution >= 4 is 55.8 Å². The molecule has 3 rings (SSSR count). The van der Waals surface area contributed by atoms with E-state index < -0.39 is 11.3 Å². The standard InChI is InChI=1S/C17H14BrClN4O/c18-11-2-1-3-12(7-11)23-17-13-6-10(14(19)8-16(20)24)4-5-15(13)21-9-22-17/h1-7,9,14H,8H2,(H2,20,24)(H,21,22,23). The molecule has 0 saturated carbocycles. The predicted molar refractivity (Wildman–Crippen MR) is 99.4 cm³/mol. The van der Waals surface area contributed by atoms with Gasteiger partial charge in [0.05, 0.1) is 10.9 Å². The first-order valence-electron chi connectivity index (χ1n) is 7.22. The number of halogens is 2. The number of nitrogens with one attached hydrogen (secondary N) is 1. The fourth-order valence-corrected chi connectivity index (χ4v) is 3.05. The summed E-state index contributed by atoms with van der Waals surface area (Å²) in [7, 11) is 0. The fraction of sp³-hybridized carbons (Fsp3) is 0.118. The predicted octanol–water partition coefficient (Wildman–Crippen LogP) is 4.29. The molecule has 5 nitrogen and oxygen atoms in total. The minimum absolute atomic E-state index is 0.0785. The summed E-state index contributed by atoms with van der Waals surface area (Å²) in [4.78, 5) is 19.7. The van der Waals surface area contributed by atoms with Crippen molar-refractivity contribution in [3.8, 4) is 0 Å². The van der Waals surface area contributed by atoms with Gasteiger partial charge in [-0.05, 0) is 35.9 Å². The first-order chi connectivity index (χ1) is 11.5. The van der Waals surface area contributed by atoms with E-state index in [1.807, 2.05) is 42.5 Å². The molecule has 3 aromatic rings. The van der Waals surface area contributed by atoms with E-state index in [9.17, 15) is 4.79 Å². The number of aromatic nitrogens is 2. The van der Waals surface area contributed by atoms with Gasteiger partial charge in [0.15, 0.2) is 0 Å². The largest absolute Gasteiger partial charge is 0.370 e. The lowest BCUT2D eigenvalue weighted by Gasteiger charge is -2.12. The van der Waals surface area contributed by atoms with Crippen molar-refractivity contribution in [2.45, 2.75) is 11.8 Å². The van der Waals surface area contributed by atoms with Gasteiger partial charge < -0.3 is 11.1 Å². The summed E-state index contributed by atoms with van der Waals surface area (Å²) in [6, 6.07) is 13.4. The average molecular weight is 406 g/mol. The molecule has 0 saturated heterocycles. The molecule has 1 aromatic heterocycles. The zero-order valence-corrected chi connectivity index (χ0v) is 14.9. The zero-order valence-electron chi connectivity index (χ0n) is 12.5. The molecule has 1 unspecified atom stereocenters. The number of benzene rings is 2. The van der Waals surface area contributed by atoms with Gasteiger partial charge >= 0.3 is 0 Å². The number of nitrogens with two attached hydrogens (primary N) is 1. The second-order valence-electron chi connectivity index (χ2n) is 5.27. The van der Waals surface area contributed by atoms with Crippen LogP contribution in [0.4, 0.5) is 11.5 Å². The molecule has 1 amide bonds. The van der Waals surface area contributed by atoms with Crippen molar-refractivity contribution in [2.24, 2.45) is 5.73 Å². The average Bonchev–Trinajstić information content (AvgIpc) is 2.54. The van der Waals surface area contributed by atoms with Crippen LogP contribution in [0.5, 0.6) is 0 Å². The summed E-state index contributed by atoms with van der Waals surface area (Å²) in [6.07, 6.45) is 1.58. The maximum atomic E-state index is 11.1. The van der Waals surface area contributed by atoms with Crippen molar-refractivity contribution in [1.29, 1.82) is 0 Å². The SMILES string of the molecule is NC(=O)CC(Cl)c1ccc2ncnc(Nc3cccc(Br)c3)c2c1. The number of fused-ring (bicyclic) bond motifs is 1. The minimum atomic E-state index is -0.481. The van der Waals surface area contributed by atoms with E-state index in [4.69, 9.17) is 17.3 Å². The topological polar surface area (TPSA) is 80.9 Å².